The molecule has 0 aromatic rings. The Kier molecular flexibility index (Phi) is 8.00. The number of rotatable bonds is 6. The third kappa shape index (κ3) is 7.76. The molecular weight excluding hydrogens is 248 g/mol. The van der Waals surface area contributed by atoms with Crippen LogP contribution in [0.3, 0.4) is 0 Å². The molecule has 2 nitrogen and oxygen atoms in total. The summed E-state index contributed by atoms with van der Waals surface area (Å²) in [5, 5.41) is 1.34. The monoisotopic (exact) mass is 262 g/mol. The molecular formula is C10H14O2S3. The highest BCUT2D eigenvalue weighted by Crippen LogP contribution is 2.21. The van der Waals surface area contributed by atoms with Crippen molar-refractivity contribution in [2.45, 2.75) is 13.8 Å². The van der Waals surface area contributed by atoms with Crippen LogP contribution in [0, 0.1) is 0 Å². The average molecular weight is 262 g/mol. The van der Waals surface area contributed by atoms with Gasteiger partial charge in [-0.25, -0.2) is 0 Å². The van der Waals surface area contributed by atoms with Crippen molar-refractivity contribution < 1.29 is 9.59 Å². The van der Waals surface area contributed by atoms with Crippen molar-refractivity contribution >= 4 is 45.5 Å². The van der Waals surface area contributed by atoms with Crippen molar-refractivity contribution in [1.29, 1.82) is 0 Å². The third-order valence-electron chi connectivity index (χ3n) is 1.24. The molecule has 0 heterocycles. The minimum Gasteiger partial charge on any atom is -0.282 e. The fourth-order valence-corrected chi connectivity index (χ4v) is 3.37. The van der Waals surface area contributed by atoms with Crippen LogP contribution in [0.1, 0.15) is 13.8 Å². The maximum atomic E-state index is 11.1. The second-order valence-electron chi connectivity index (χ2n) is 2.86. The van der Waals surface area contributed by atoms with E-state index in [0.717, 1.165) is 0 Å². The minimum absolute atomic E-state index is 0.0127. The van der Waals surface area contributed by atoms with Gasteiger partial charge in [0.05, 0.1) is 0 Å². The molecule has 0 radical (unpaired) electrons. The first-order chi connectivity index (χ1) is 6.95. The van der Waals surface area contributed by atoms with Crippen molar-refractivity contribution in [3.63, 3.8) is 0 Å². The van der Waals surface area contributed by atoms with E-state index in [1.165, 1.54) is 23.5 Å². The molecule has 0 aliphatic heterocycles. The van der Waals surface area contributed by atoms with Crippen molar-refractivity contribution in [3.05, 3.63) is 24.3 Å². The van der Waals surface area contributed by atoms with Crippen molar-refractivity contribution in [2.24, 2.45) is 0 Å². The lowest BCUT2D eigenvalue weighted by molar-refractivity contribution is -0.108. The molecule has 15 heavy (non-hydrogen) atoms. The molecule has 0 aromatic carbocycles. The zero-order valence-corrected chi connectivity index (χ0v) is 11.3. The molecule has 0 bridgehead atoms. The van der Waals surface area contributed by atoms with E-state index in [9.17, 15) is 9.59 Å². The zero-order valence-electron chi connectivity index (χ0n) is 8.87. The van der Waals surface area contributed by atoms with Crippen LogP contribution in [0.4, 0.5) is 0 Å². The summed E-state index contributed by atoms with van der Waals surface area (Å²) >= 11 is 3.99. The van der Waals surface area contributed by atoms with Gasteiger partial charge in [0.15, 0.2) is 0 Å². The molecule has 0 aliphatic rings. The lowest BCUT2D eigenvalue weighted by atomic mass is 10.4. The topological polar surface area (TPSA) is 34.1 Å². The van der Waals surface area contributed by atoms with E-state index in [0.29, 0.717) is 21.3 Å². The Morgan fingerprint density at radius 3 is 1.53 bits per heavy atom. The number of hydrogen-bond donors (Lipinski definition) is 0. The van der Waals surface area contributed by atoms with E-state index in [4.69, 9.17) is 0 Å². The molecule has 0 atom stereocenters. The maximum absolute atomic E-state index is 11.1. The molecule has 0 N–H and O–H groups in total. The third-order valence-corrected chi connectivity index (χ3v) is 4.74. The molecule has 0 amide bonds. The minimum atomic E-state index is 0.0127. The molecule has 0 saturated heterocycles. The lowest BCUT2D eigenvalue weighted by Crippen LogP contribution is -1.94. The van der Waals surface area contributed by atoms with Gasteiger partial charge in [0.25, 0.3) is 0 Å². The Labute approximate surface area is 103 Å². The van der Waals surface area contributed by atoms with Crippen LogP contribution in [-0.2, 0) is 9.59 Å². The fourth-order valence-electron chi connectivity index (χ4n) is 0.471. The molecule has 0 aliphatic carbocycles. The Balaban J connectivity index is 3.48. The van der Waals surface area contributed by atoms with Gasteiger partial charge < -0.3 is 0 Å². The summed E-state index contributed by atoms with van der Waals surface area (Å²) in [5.74, 6) is 0. The van der Waals surface area contributed by atoms with E-state index in [1.54, 1.807) is 25.6 Å². The summed E-state index contributed by atoms with van der Waals surface area (Å²) in [7, 11) is 0. The van der Waals surface area contributed by atoms with Crippen molar-refractivity contribution in [1.82, 2.24) is 0 Å². The first kappa shape index (κ1) is 14.9. The van der Waals surface area contributed by atoms with Crippen molar-refractivity contribution in [3.8, 4) is 0 Å². The largest absolute Gasteiger partial charge is 0.282 e. The van der Waals surface area contributed by atoms with Gasteiger partial charge in [-0.05, 0) is 25.0 Å². The van der Waals surface area contributed by atoms with E-state index < -0.39 is 0 Å². The van der Waals surface area contributed by atoms with Crippen LogP contribution in [0.5, 0.6) is 0 Å². The van der Waals surface area contributed by atoms with Gasteiger partial charge >= 0.3 is 0 Å². The van der Waals surface area contributed by atoms with Crippen LogP contribution in [-0.4, -0.2) is 20.4 Å². The highest BCUT2D eigenvalue weighted by Gasteiger charge is 2.05. The van der Waals surface area contributed by atoms with Gasteiger partial charge in [-0.1, -0.05) is 36.7 Å². The predicted octanol–water partition coefficient (Wildman–Crippen LogP) is 3.31. The maximum Gasteiger partial charge on any atom is 0.215 e. The van der Waals surface area contributed by atoms with Gasteiger partial charge in [-0.2, -0.15) is 0 Å². The number of hydrogen-bond acceptors (Lipinski definition) is 5. The van der Waals surface area contributed by atoms with Crippen LogP contribution in [0.15, 0.2) is 24.3 Å². The smallest absolute Gasteiger partial charge is 0.215 e. The van der Waals surface area contributed by atoms with E-state index >= 15 is 0 Å². The quantitative estimate of drug-likeness (QED) is 0.417. The number of carbonyl (C=O) groups is 2. The Hall–Kier alpha value is -0.130. The molecule has 0 saturated carbocycles. The Bertz CT molecular complexity index is 256. The summed E-state index contributed by atoms with van der Waals surface area (Å²) in [6, 6.07) is 0. The SMILES string of the molecule is C=C(C)C(=O)SCSCSC(=O)C(=C)C. The second kappa shape index (κ2) is 8.07. The highest BCUT2D eigenvalue weighted by molar-refractivity contribution is 8.30. The summed E-state index contributed by atoms with van der Waals surface area (Å²) in [6.45, 7) is 10.5. The summed E-state index contributed by atoms with van der Waals surface area (Å²) in [5.41, 5.74) is 1.12. The summed E-state index contributed by atoms with van der Waals surface area (Å²) in [6.07, 6.45) is 0. The average Bonchev–Trinajstić information content (AvgIpc) is 2.16. The van der Waals surface area contributed by atoms with Gasteiger partial charge in [0, 0.05) is 10.2 Å². The molecule has 0 aromatic heterocycles. The van der Waals surface area contributed by atoms with Gasteiger partial charge in [-0.3, -0.25) is 9.59 Å². The summed E-state index contributed by atoms with van der Waals surface area (Å²) < 4.78 is 0. The lowest BCUT2D eigenvalue weighted by Gasteiger charge is -2.00. The van der Waals surface area contributed by atoms with E-state index in [2.05, 4.69) is 13.2 Å². The summed E-state index contributed by atoms with van der Waals surface area (Å²) in [4.78, 5) is 22.2. The van der Waals surface area contributed by atoms with Crippen LogP contribution >= 0.6 is 35.3 Å². The normalized spacial score (nSPS) is 9.73. The van der Waals surface area contributed by atoms with Gasteiger partial charge in [0.2, 0.25) is 10.2 Å². The van der Waals surface area contributed by atoms with Crippen molar-refractivity contribution in [2.75, 3.05) is 10.2 Å². The zero-order chi connectivity index (χ0) is 11.8. The van der Waals surface area contributed by atoms with E-state index in [-0.39, 0.29) is 10.2 Å². The molecule has 0 rings (SSSR count). The standard InChI is InChI=1S/C10H14O2S3/c1-7(2)9(11)14-5-13-6-15-10(12)8(3)4/h1,3,5-6H2,2,4H3. The van der Waals surface area contributed by atoms with Gasteiger partial charge in [-0.15, -0.1) is 11.8 Å². The molecule has 84 valence electrons. The molecule has 0 unspecified atom stereocenters. The molecule has 5 heteroatoms. The number of carbonyl (C=O) groups excluding carboxylic acids is 2. The van der Waals surface area contributed by atoms with Crippen LogP contribution in [0.25, 0.3) is 0 Å². The Morgan fingerprint density at radius 2 is 1.27 bits per heavy atom. The van der Waals surface area contributed by atoms with Gasteiger partial charge in [0.1, 0.15) is 0 Å². The Morgan fingerprint density at radius 1 is 0.933 bits per heavy atom. The highest BCUT2D eigenvalue weighted by atomic mass is 32.2. The molecule has 0 fully saturated rings. The first-order valence-corrected chi connectivity index (χ1v) is 7.30. The predicted molar refractivity (Wildman–Crippen MR) is 72.1 cm³/mol. The molecule has 0 spiro atoms. The second-order valence-corrected chi connectivity index (χ2v) is 6.48. The fraction of sp³-hybridized carbons (Fsp3) is 0.400. The number of thioether (sulfide) groups is 3. The van der Waals surface area contributed by atoms with Crippen LogP contribution < -0.4 is 0 Å². The van der Waals surface area contributed by atoms with E-state index in [1.807, 2.05) is 0 Å². The first-order valence-electron chi connectivity index (χ1n) is 4.18. The van der Waals surface area contributed by atoms with Crippen LogP contribution in [0.2, 0.25) is 0 Å².